The topological polar surface area (TPSA) is 55.4 Å². The maximum atomic E-state index is 12.9. The lowest BCUT2D eigenvalue weighted by Gasteiger charge is -2.08. The van der Waals surface area contributed by atoms with Crippen LogP contribution in [0.3, 0.4) is 0 Å². The van der Waals surface area contributed by atoms with Crippen molar-refractivity contribution >= 4 is 29.0 Å². The van der Waals surface area contributed by atoms with Crippen molar-refractivity contribution in [2.45, 2.75) is 0 Å². The first-order chi connectivity index (χ1) is 13.0. The Hall–Kier alpha value is -3.18. The van der Waals surface area contributed by atoms with E-state index in [-0.39, 0.29) is 18.3 Å². The second kappa shape index (κ2) is 8.47. The summed E-state index contributed by atoms with van der Waals surface area (Å²) in [6.07, 6.45) is 0. The highest BCUT2D eigenvalue weighted by molar-refractivity contribution is 6.30. The van der Waals surface area contributed by atoms with Crippen molar-refractivity contribution in [3.8, 4) is 5.75 Å². The lowest BCUT2D eigenvalue weighted by atomic mass is 10.1. The zero-order valence-electron chi connectivity index (χ0n) is 14.1. The number of benzene rings is 3. The normalized spacial score (nSPS) is 10.3. The molecule has 1 amide bonds. The fourth-order valence-electron chi connectivity index (χ4n) is 2.31. The zero-order chi connectivity index (χ0) is 19.2. The molecule has 0 fully saturated rings. The summed E-state index contributed by atoms with van der Waals surface area (Å²) < 4.78 is 18.3. The van der Waals surface area contributed by atoms with Crippen LogP contribution in [0.15, 0.2) is 72.8 Å². The molecule has 4 nitrogen and oxygen atoms in total. The lowest BCUT2D eigenvalue weighted by Crippen LogP contribution is -2.12. The van der Waals surface area contributed by atoms with Crippen LogP contribution in [0.25, 0.3) is 0 Å². The second-order valence-electron chi connectivity index (χ2n) is 5.70. The van der Waals surface area contributed by atoms with Gasteiger partial charge < -0.3 is 10.1 Å². The van der Waals surface area contributed by atoms with Gasteiger partial charge in [0.25, 0.3) is 5.91 Å². The van der Waals surface area contributed by atoms with E-state index in [9.17, 15) is 14.0 Å². The number of hydrogen-bond acceptors (Lipinski definition) is 3. The molecule has 0 heterocycles. The minimum absolute atomic E-state index is 0.165. The van der Waals surface area contributed by atoms with Crippen molar-refractivity contribution in [2.75, 3.05) is 11.9 Å². The maximum absolute atomic E-state index is 12.9. The van der Waals surface area contributed by atoms with Crippen LogP contribution in [0.2, 0.25) is 5.02 Å². The van der Waals surface area contributed by atoms with Crippen molar-refractivity contribution in [1.82, 2.24) is 0 Å². The lowest BCUT2D eigenvalue weighted by molar-refractivity contribution is 0.0921. The van der Waals surface area contributed by atoms with Crippen LogP contribution >= 0.6 is 11.6 Å². The van der Waals surface area contributed by atoms with Gasteiger partial charge in [-0.25, -0.2) is 4.39 Å². The molecule has 0 bridgehead atoms. The fraction of sp³-hybridized carbons (Fsp3) is 0.0476. The molecular formula is C21H15ClFNO3. The summed E-state index contributed by atoms with van der Waals surface area (Å²) in [4.78, 5) is 24.2. The molecule has 0 saturated carbocycles. The van der Waals surface area contributed by atoms with Crippen LogP contribution in [0, 0.1) is 5.82 Å². The van der Waals surface area contributed by atoms with E-state index in [4.69, 9.17) is 16.3 Å². The summed E-state index contributed by atoms with van der Waals surface area (Å²) in [5.41, 5.74) is 1.46. The number of halogens is 2. The molecule has 0 aliphatic heterocycles. The molecule has 27 heavy (non-hydrogen) atoms. The Labute approximate surface area is 160 Å². The minimum atomic E-state index is -0.399. The maximum Gasteiger partial charge on any atom is 0.255 e. The third-order valence-electron chi connectivity index (χ3n) is 3.75. The van der Waals surface area contributed by atoms with Crippen LogP contribution in [0.5, 0.6) is 5.75 Å². The Bertz CT molecular complexity index is 939. The van der Waals surface area contributed by atoms with E-state index in [1.807, 2.05) is 0 Å². The average molecular weight is 384 g/mol. The van der Waals surface area contributed by atoms with E-state index in [0.29, 0.717) is 27.6 Å². The van der Waals surface area contributed by atoms with Gasteiger partial charge in [0, 0.05) is 21.8 Å². The molecule has 1 N–H and O–H groups in total. The number of nitrogens with one attached hydrogen (secondary N) is 1. The summed E-state index contributed by atoms with van der Waals surface area (Å²) >= 11 is 5.81. The minimum Gasteiger partial charge on any atom is -0.485 e. The van der Waals surface area contributed by atoms with Crippen LogP contribution in [-0.2, 0) is 0 Å². The number of hydrogen-bond donors (Lipinski definition) is 1. The summed E-state index contributed by atoms with van der Waals surface area (Å²) in [7, 11) is 0. The molecule has 3 rings (SSSR count). The van der Waals surface area contributed by atoms with E-state index >= 15 is 0 Å². The third kappa shape index (κ3) is 5.15. The van der Waals surface area contributed by atoms with Crippen LogP contribution in [-0.4, -0.2) is 18.3 Å². The van der Waals surface area contributed by atoms with Gasteiger partial charge in [-0.3, -0.25) is 9.59 Å². The number of carbonyl (C=O) groups excluding carboxylic acids is 2. The van der Waals surface area contributed by atoms with Gasteiger partial charge in [0.05, 0.1) is 0 Å². The zero-order valence-corrected chi connectivity index (χ0v) is 14.9. The fourth-order valence-corrected chi connectivity index (χ4v) is 2.43. The number of amides is 1. The third-order valence-corrected chi connectivity index (χ3v) is 4.01. The van der Waals surface area contributed by atoms with E-state index in [1.165, 1.54) is 24.3 Å². The number of anilines is 1. The number of ketones is 1. The molecule has 3 aromatic rings. The van der Waals surface area contributed by atoms with Gasteiger partial charge in [0.1, 0.15) is 11.6 Å². The van der Waals surface area contributed by atoms with Crippen molar-refractivity contribution < 1.29 is 18.7 Å². The van der Waals surface area contributed by atoms with E-state index < -0.39 is 5.82 Å². The first kappa shape index (κ1) is 18.6. The molecule has 3 aromatic carbocycles. The first-order valence-corrected chi connectivity index (χ1v) is 8.47. The monoisotopic (exact) mass is 383 g/mol. The SMILES string of the molecule is O=C(COc1ccc(NC(=O)c2ccc(Cl)cc2)cc1)c1ccc(F)cc1. The van der Waals surface area contributed by atoms with Gasteiger partial charge in [-0.15, -0.1) is 0 Å². The second-order valence-corrected chi connectivity index (χ2v) is 6.14. The van der Waals surface area contributed by atoms with Crippen molar-refractivity contribution in [3.05, 3.63) is 94.8 Å². The largest absolute Gasteiger partial charge is 0.485 e. The highest BCUT2D eigenvalue weighted by Gasteiger charge is 2.08. The van der Waals surface area contributed by atoms with E-state index in [2.05, 4.69) is 5.32 Å². The molecule has 0 aliphatic carbocycles. The molecular weight excluding hydrogens is 369 g/mol. The quantitative estimate of drug-likeness (QED) is 0.610. The van der Waals surface area contributed by atoms with Crippen molar-refractivity contribution in [2.24, 2.45) is 0 Å². The average Bonchev–Trinajstić information content (AvgIpc) is 2.68. The molecule has 0 atom stereocenters. The summed E-state index contributed by atoms with van der Waals surface area (Å²) in [6.45, 7) is -0.165. The predicted molar refractivity (Wildman–Crippen MR) is 102 cm³/mol. The molecule has 0 radical (unpaired) electrons. The summed E-state index contributed by atoms with van der Waals surface area (Å²) in [5, 5.41) is 3.32. The van der Waals surface area contributed by atoms with E-state index in [1.54, 1.807) is 48.5 Å². The van der Waals surface area contributed by atoms with E-state index in [0.717, 1.165) is 0 Å². The molecule has 6 heteroatoms. The standard InChI is InChI=1S/C21H15ClFNO3/c22-16-5-1-15(2-6-16)21(26)24-18-9-11-19(12-10-18)27-13-20(25)14-3-7-17(23)8-4-14/h1-12H,13H2,(H,24,26). The molecule has 0 aromatic heterocycles. The number of ether oxygens (including phenoxy) is 1. The van der Waals surface area contributed by atoms with Crippen LogP contribution in [0.1, 0.15) is 20.7 Å². The van der Waals surface area contributed by atoms with Gasteiger partial charge in [-0.2, -0.15) is 0 Å². The van der Waals surface area contributed by atoms with Gasteiger partial charge in [0.15, 0.2) is 12.4 Å². The Morgan fingerprint density at radius 3 is 2.07 bits per heavy atom. The molecule has 0 spiro atoms. The predicted octanol–water partition coefficient (Wildman–Crippen LogP) is 4.99. The Balaban J connectivity index is 1.55. The molecule has 0 saturated heterocycles. The number of carbonyl (C=O) groups is 2. The smallest absolute Gasteiger partial charge is 0.255 e. The van der Waals surface area contributed by atoms with Crippen molar-refractivity contribution in [3.63, 3.8) is 0 Å². The first-order valence-electron chi connectivity index (χ1n) is 8.10. The molecule has 0 unspecified atom stereocenters. The Morgan fingerprint density at radius 1 is 0.852 bits per heavy atom. The highest BCUT2D eigenvalue weighted by atomic mass is 35.5. The highest BCUT2D eigenvalue weighted by Crippen LogP contribution is 2.18. The van der Waals surface area contributed by atoms with Crippen LogP contribution in [0.4, 0.5) is 10.1 Å². The van der Waals surface area contributed by atoms with Gasteiger partial charge in [-0.1, -0.05) is 11.6 Å². The van der Waals surface area contributed by atoms with Gasteiger partial charge in [0.2, 0.25) is 0 Å². The van der Waals surface area contributed by atoms with Crippen molar-refractivity contribution in [1.29, 1.82) is 0 Å². The Morgan fingerprint density at radius 2 is 1.44 bits per heavy atom. The number of Topliss-reactive ketones (excluding diaryl/α,β-unsaturated/α-hetero) is 1. The van der Waals surface area contributed by atoms with Gasteiger partial charge >= 0.3 is 0 Å². The Kier molecular flexibility index (Phi) is 5.84. The molecule has 0 aliphatic rings. The number of rotatable bonds is 6. The van der Waals surface area contributed by atoms with Gasteiger partial charge in [-0.05, 0) is 72.8 Å². The summed E-state index contributed by atoms with van der Waals surface area (Å²) in [5.74, 6) is -0.430. The molecule has 136 valence electrons. The summed E-state index contributed by atoms with van der Waals surface area (Å²) in [6, 6.07) is 18.5. The van der Waals surface area contributed by atoms with Crippen LogP contribution < -0.4 is 10.1 Å².